The van der Waals surface area contributed by atoms with E-state index in [1.807, 2.05) is 0 Å². The van der Waals surface area contributed by atoms with Crippen molar-refractivity contribution in [3.05, 3.63) is 30.3 Å². The van der Waals surface area contributed by atoms with Crippen LogP contribution >= 0.6 is 0 Å². The number of para-hydroxylation sites is 1. The SMILES string of the molecule is CC1CN(C(C)CNc2ccccc2)CC1C. The van der Waals surface area contributed by atoms with E-state index in [2.05, 4.69) is 61.3 Å². The van der Waals surface area contributed by atoms with Crippen LogP contribution in [0.2, 0.25) is 0 Å². The van der Waals surface area contributed by atoms with E-state index in [0.29, 0.717) is 6.04 Å². The van der Waals surface area contributed by atoms with Crippen LogP contribution in [-0.4, -0.2) is 30.6 Å². The van der Waals surface area contributed by atoms with Gasteiger partial charge in [0.2, 0.25) is 0 Å². The van der Waals surface area contributed by atoms with Crippen LogP contribution in [0.15, 0.2) is 30.3 Å². The Hall–Kier alpha value is -1.02. The maximum Gasteiger partial charge on any atom is 0.0340 e. The summed E-state index contributed by atoms with van der Waals surface area (Å²) < 4.78 is 0. The van der Waals surface area contributed by atoms with E-state index >= 15 is 0 Å². The second kappa shape index (κ2) is 5.54. The molecule has 17 heavy (non-hydrogen) atoms. The summed E-state index contributed by atoms with van der Waals surface area (Å²) in [6.45, 7) is 10.6. The van der Waals surface area contributed by atoms with Crippen LogP contribution in [-0.2, 0) is 0 Å². The molecule has 0 spiro atoms. The Morgan fingerprint density at radius 2 is 1.76 bits per heavy atom. The Morgan fingerprint density at radius 3 is 2.35 bits per heavy atom. The topological polar surface area (TPSA) is 15.3 Å². The molecule has 2 nitrogen and oxygen atoms in total. The van der Waals surface area contributed by atoms with Gasteiger partial charge in [-0.1, -0.05) is 32.0 Å². The number of rotatable bonds is 4. The van der Waals surface area contributed by atoms with Gasteiger partial charge in [0.1, 0.15) is 0 Å². The van der Waals surface area contributed by atoms with Crippen LogP contribution in [0.5, 0.6) is 0 Å². The standard InChI is InChI=1S/C15H24N2/c1-12-10-17(11-13(12)2)14(3)9-16-15-7-5-4-6-8-15/h4-8,12-14,16H,9-11H2,1-3H3. The number of hydrogen-bond donors (Lipinski definition) is 1. The van der Waals surface area contributed by atoms with E-state index in [4.69, 9.17) is 0 Å². The van der Waals surface area contributed by atoms with Gasteiger partial charge in [0.25, 0.3) is 0 Å². The molecule has 1 N–H and O–H groups in total. The van der Waals surface area contributed by atoms with Gasteiger partial charge in [-0.2, -0.15) is 0 Å². The van der Waals surface area contributed by atoms with Crippen LogP contribution in [0.1, 0.15) is 20.8 Å². The van der Waals surface area contributed by atoms with Crippen LogP contribution in [0.4, 0.5) is 5.69 Å². The molecule has 1 aromatic carbocycles. The lowest BCUT2D eigenvalue weighted by atomic mass is 10.0. The molecule has 2 rings (SSSR count). The summed E-state index contributed by atoms with van der Waals surface area (Å²) in [5.41, 5.74) is 1.22. The highest BCUT2D eigenvalue weighted by atomic mass is 15.2. The zero-order valence-electron chi connectivity index (χ0n) is 11.2. The van der Waals surface area contributed by atoms with Gasteiger partial charge in [0.05, 0.1) is 0 Å². The van der Waals surface area contributed by atoms with Gasteiger partial charge in [-0.15, -0.1) is 0 Å². The van der Waals surface area contributed by atoms with Crippen molar-refractivity contribution in [1.29, 1.82) is 0 Å². The minimum absolute atomic E-state index is 0.614. The van der Waals surface area contributed by atoms with Crippen molar-refractivity contribution in [2.45, 2.75) is 26.8 Å². The van der Waals surface area contributed by atoms with Crippen LogP contribution in [0.3, 0.4) is 0 Å². The van der Waals surface area contributed by atoms with Gasteiger partial charge in [-0.25, -0.2) is 0 Å². The van der Waals surface area contributed by atoms with Crippen molar-refractivity contribution in [2.75, 3.05) is 25.0 Å². The van der Waals surface area contributed by atoms with Crippen molar-refractivity contribution >= 4 is 5.69 Å². The summed E-state index contributed by atoms with van der Waals surface area (Å²) in [5, 5.41) is 3.51. The summed E-state index contributed by atoms with van der Waals surface area (Å²) in [4.78, 5) is 2.60. The van der Waals surface area contributed by atoms with E-state index in [9.17, 15) is 0 Å². The second-order valence-electron chi connectivity index (χ2n) is 5.50. The average Bonchev–Trinajstić information content (AvgIpc) is 2.68. The Balaban J connectivity index is 1.80. The molecule has 3 unspecified atom stereocenters. The van der Waals surface area contributed by atoms with Gasteiger partial charge >= 0.3 is 0 Å². The fraction of sp³-hybridized carbons (Fsp3) is 0.600. The molecule has 1 heterocycles. The summed E-state index contributed by atoms with van der Waals surface area (Å²) in [6.07, 6.45) is 0. The highest BCUT2D eigenvalue weighted by molar-refractivity contribution is 5.42. The fourth-order valence-corrected chi connectivity index (χ4v) is 2.48. The molecule has 0 saturated carbocycles. The molecule has 1 aliphatic rings. The third-order valence-electron chi connectivity index (χ3n) is 4.02. The Morgan fingerprint density at radius 1 is 1.18 bits per heavy atom. The molecular formula is C15H24N2. The largest absolute Gasteiger partial charge is 0.383 e. The minimum Gasteiger partial charge on any atom is -0.383 e. The first kappa shape index (κ1) is 12.4. The molecule has 0 radical (unpaired) electrons. The van der Waals surface area contributed by atoms with E-state index in [-0.39, 0.29) is 0 Å². The van der Waals surface area contributed by atoms with E-state index in [0.717, 1.165) is 18.4 Å². The van der Waals surface area contributed by atoms with Crippen molar-refractivity contribution in [3.63, 3.8) is 0 Å². The molecule has 1 aromatic rings. The molecule has 1 saturated heterocycles. The summed E-state index contributed by atoms with van der Waals surface area (Å²) in [7, 11) is 0. The number of likely N-dealkylation sites (tertiary alicyclic amines) is 1. The second-order valence-corrected chi connectivity index (χ2v) is 5.50. The predicted octanol–water partition coefficient (Wildman–Crippen LogP) is 3.07. The van der Waals surface area contributed by atoms with Crippen LogP contribution < -0.4 is 5.32 Å². The number of hydrogen-bond acceptors (Lipinski definition) is 2. The minimum atomic E-state index is 0.614. The van der Waals surface area contributed by atoms with Crippen LogP contribution in [0, 0.1) is 11.8 Å². The van der Waals surface area contributed by atoms with E-state index < -0.39 is 0 Å². The normalized spacial score (nSPS) is 27.0. The number of nitrogens with zero attached hydrogens (tertiary/aromatic N) is 1. The van der Waals surface area contributed by atoms with Gasteiger partial charge in [-0.3, -0.25) is 4.90 Å². The van der Waals surface area contributed by atoms with Gasteiger partial charge in [-0.05, 0) is 30.9 Å². The first-order valence-corrected chi connectivity index (χ1v) is 6.70. The lowest BCUT2D eigenvalue weighted by molar-refractivity contribution is 0.257. The Kier molecular flexibility index (Phi) is 4.06. The molecule has 0 bridgehead atoms. The van der Waals surface area contributed by atoms with Crippen molar-refractivity contribution in [3.8, 4) is 0 Å². The molecule has 3 atom stereocenters. The smallest absolute Gasteiger partial charge is 0.0340 e. The predicted molar refractivity (Wildman–Crippen MR) is 74.3 cm³/mol. The summed E-state index contributed by atoms with van der Waals surface area (Å²) in [5.74, 6) is 1.68. The van der Waals surface area contributed by atoms with Crippen molar-refractivity contribution in [2.24, 2.45) is 11.8 Å². The van der Waals surface area contributed by atoms with Crippen LogP contribution in [0.25, 0.3) is 0 Å². The van der Waals surface area contributed by atoms with Crippen molar-refractivity contribution in [1.82, 2.24) is 4.90 Å². The number of anilines is 1. The van der Waals surface area contributed by atoms with Gasteiger partial charge in [0, 0.05) is 31.4 Å². The molecule has 1 aliphatic heterocycles. The monoisotopic (exact) mass is 232 g/mol. The lowest BCUT2D eigenvalue weighted by Crippen LogP contribution is -2.36. The maximum absolute atomic E-state index is 3.51. The third kappa shape index (κ3) is 3.22. The quantitative estimate of drug-likeness (QED) is 0.858. The molecule has 2 heteroatoms. The molecule has 94 valence electrons. The van der Waals surface area contributed by atoms with Gasteiger partial charge < -0.3 is 5.32 Å². The molecular weight excluding hydrogens is 208 g/mol. The molecule has 0 amide bonds. The average molecular weight is 232 g/mol. The highest BCUT2D eigenvalue weighted by Gasteiger charge is 2.28. The number of benzene rings is 1. The Labute approximate surface area is 105 Å². The van der Waals surface area contributed by atoms with E-state index in [1.165, 1.54) is 18.8 Å². The van der Waals surface area contributed by atoms with Crippen molar-refractivity contribution < 1.29 is 0 Å². The van der Waals surface area contributed by atoms with Gasteiger partial charge in [0.15, 0.2) is 0 Å². The maximum atomic E-state index is 3.51. The zero-order valence-corrected chi connectivity index (χ0v) is 11.2. The lowest BCUT2D eigenvalue weighted by Gasteiger charge is -2.25. The molecule has 0 aromatic heterocycles. The number of nitrogens with one attached hydrogen (secondary N) is 1. The summed E-state index contributed by atoms with van der Waals surface area (Å²) in [6, 6.07) is 11.1. The first-order valence-electron chi connectivity index (χ1n) is 6.70. The summed E-state index contributed by atoms with van der Waals surface area (Å²) >= 11 is 0. The molecule has 1 fully saturated rings. The zero-order chi connectivity index (χ0) is 12.3. The van der Waals surface area contributed by atoms with E-state index in [1.54, 1.807) is 0 Å². The third-order valence-corrected chi connectivity index (χ3v) is 4.02. The molecule has 0 aliphatic carbocycles. The highest BCUT2D eigenvalue weighted by Crippen LogP contribution is 2.23. The first-order chi connectivity index (χ1) is 8.16. The fourth-order valence-electron chi connectivity index (χ4n) is 2.48. The Bertz CT molecular complexity index is 326.